The van der Waals surface area contributed by atoms with Gasteiger partial charge in [0, 0.05) is 38.1 Å². The molecule has 2 heterocycles. The first-order valence-corrected chi connectivity index (χ1v) is 9.30. The molecule has 1 saturated heterocycles. The van der Waals surface area contributed by atoms with Gasteiger partial charge in [-0.05, 0) is 32.5 Å². The van der Waals surface area contributed by atoms with Crippen LogP contribution < -0.4 is 5.32 Å². The molecule has 0 saturated carbocycles. The SMILES string of the molecule is CCC(C(=O)NCCCN1CCN(C)CC1)n1ncc2ccccc21. The molecule has 0 bridgehead atoms. The summed E-state index contributed by atoms with van der Waals surface area (Å²) < 4.78 is 1.85. The predicted molar refractivity (Wildman–Crippen MR) is 101 cm³/mol. The lowest BCUT2D eigenvalue weighted by atomic mass is 10.2. The summed E-state index contributed by atoms with van der Waals surface area (Å²) in [7, 11) is 2.17. The Morgan fingerprint density at radius 1 is 1.24 bits per heavy atom. The molecule has 1 aromatic heterocycles. The van der Waals surface area contributed by atoms with Crippen LogP contribution in [0, 0.1) is 0 Å². The van der Waals surface area contributed by atoms with Crippen LogP contribution in [0.1, 0.15) is 25.8 Å². The van der Waals surface area contributed by atoms with Crippen LogP contribution in [0.25, 0.3) is 10.9 Å². The molecular formula is C19H29N5O. The van der Waals surface area contributed by atoms with Crippen molar-refractivity contribution in [3.63, 3.8) is 0 Å². The standard InChI is InChI=1S/C19H29N5O/c1-3-17(24-18-8-5-4-7-16(18)15-21-24)19(25)20-9-6-10-23-13-11-22(2)12-14-23/h4-5,7-8,15,17H,3,6,9-14H2,1-2H3,(H,20,25). The van der Waals surface area contributed by atoms with Gasteiger partial charge < -0.3 is 15.1 Å². The fourth-order valence-corrected chi connectivity index (χ4v) is 3.41. The highest BCUT2D eigenvalue weighted by molar-refractivity contribution is 5.84. The van der Waals surface area contributed by atoms with Gasteiger partial charge in [-0.25, -0.2) is 0 Å². The molecular weight excluding hydrogens is 314 g/mol. The molecule has 1 amide bonds. The Bertz CT molecular complexity index is 690. The quantitative estimate of drug-likeness (QED) is 0.778. The van der Waals surface area contributed by atoms with E-state index in [1.54, 1.807) is 0 Å². The number of fused-ring (bicyclic) bond motifs is 1. The third-order valence-electron chi connectivity index (χ3n) is 5.04. The van der Waals surface area contributed by atoms with Crippen molar-refractivity contribution in [2.24, 2.45) is 0 Å². The average Bonchev–Trinajstić information content (AvgIpc) is 3.05. The largest absolute Gasteiger partial charge is 0.354 e. The zero-order valence-electron chi connectivity index (χ0n) is 15.3. The fourth-order valence-electron chi connectivity index (χ4n) is 3.41. The highest BCUT2D eigenvalue weighted by atomic mass is 16.2. The number of hydrogen-bond donors (Lipinski definition) is 1. The predicted octanol–water partition coefficient (Wildman–Crippen LogP) is 1.74. The van der Waals surface area contributed by atoms with Gasteiger partial charge in [0.05, 0.1) is 11.7 Å². The number of rotatable bonds is 7. The number of piperazine rings is 1. The molecule has 0 aliphatic carbocycles. The topological polar surface area (TPSA) is 53.4 Å². The number of para-hydroxylation sites is 1. The summed E-state index contributed by atoms with van der Waals surface area (Å²) in [5.74, 6) is 0.0646. The maximum absolute atomic E-state index is 12.6. The number of likely N-dealkylation sites (N-methyl/N-ethyl adjacent to an activating group) is 1. The minimum Gasteiger partial charge on any atom is -0.354 e. The Morgan fingerprint density at radius 3 is 2.76 bits per heavy atom. The van der Waals surface area contributed by atoms with Gasteiger partial charge in [-0.15, -0.1) is 0 Å². The number of hydrogen-bond acceptors (Lipinski definition) is 4. The Morgan fingerprint density at radius 2 is 2.00 bits per heavy atom. The normalized spacial score (nSPS) is 17.7. The van der Waals surface area contributed by atoms with Crippen LogP contribution >= 0.6 is 0 Å². The molecule has 1 aliphatic heterocycles. The second kappa shape index (κ2) is 8.45. The molecule has 2 aromatic rings. The van der Waals surface area contributed by atoms with Crippen molar-refractivity contribution >= 4 is 16.8 Å². The highest BCUT2D eigenvalue weighted by Crippen LogP contribution is 2.19. The number of carbonyl (C=O) groups excluding carboxylic acids is 1. The molecule has 0 spiro atoms. The van der Waals surface area contributed by atoms with Crippen molar-refractivity contribution in [1.82, 2.24) is 24.9 Å². The molecule has 1 aromatic carbocycles. The van der Waals surface area contributed by atoms with Gasteiger partial charge in [-0.2, -0.15) is 5.10 Å². The van der Waals surface area contributed by atoms with Crippen molar-refractivity contribution < 1.29 is 4.79 Å². The maximum atomic E-state index is 12.6. The van der Waals surface area contributed by atoms with Crippen LogP contribution in [0.4, 0.5) is 0 Å². The summed E-state index contributed by atoms with van der Waals surface area (Å²) in [5, 5.41) is 8.61. The molecule has 1 atom stereocenters. The van der Waals surface area contributed by atoms with Gasteiger partial charge in [0.2, 0.25) is 5.91 Å². The van der Waals surface area contributed by atoms with Crippen LogP contribution in [-0.4, -0.2) is 71.8 Å². The minimum absolute atomic E-state index is 0.0646. The van der Waals surface area contributed by atoms with Gasteiger partial charge in [-0.3, -0.25) is 9.48 Å². The zero-order chi connectivity index (χ0) is 17.6. The van der Waals surface area contributed by atoms with Crippen molar-refractivity contribution in [1.29, 1.82) is 0 Å². The van der Waals surface area contributed by atoms with Crippen molar-refractivity contribution in [3.05, 3.63) is 30.5 Å². The van der Waals surface area contributed by atoms with E-state index in [1.165, 1.54) is 0 Å². The van der Waals surface area contributed by atoms with E-state index in [1.807, 2.05) is 42.1 Å². The fraction of sp³-hybridized carbons (Fsp3) is 0.579. The van der Waals surface area contributed by atoms with Gasteiger partial charge in [0.15, 0.2) is 0 Å². The van der Waals surface area contributed by atoms with Crippen LogP contribution in [-0.2, 0) is 4.79 Å². The Balaban J connectivity index is 1.49. The number of carbonyl (C=O) groups is 1. The summed E-state index contributed by atoms with van der Waals surface area (Å²) >= 11 is 0. The third kappa shape index (κ3) is 4.38. The number of nitrogens with zero attached hydrogens (tertiary/aromatic N) is 4. The second-order valence-corrected chi connectivity index (χ2v) is 6.86. The van der Waals surface area contributed by atoms with E-state index >= 15 is 0 Å². The summed E-state index contributed by atoms with van der Waals surface area (Å²) in [6.45, 7) is 8.33. The molecule has 1 aliphatic rings. The lowest BCUT2D eigenvalue weighted by molar-refractivity contribution is -0.124. The first kappa shape index (κ1) is 17.9. The van der Waals surface area contributed by atoms with E-state index < -0.39 is 0 Å². The summed E-state index contributed by atoms with van der Waals surface area (Å²) in [6.07, 6.45) is 3.56. The molecule has 136 valence electrons. The summed E-state index contributed by atoms with van der Waals surface area (Å²) in [4.78, 5) is 17.5. The smallest absolute Gasteiger partial charge is 0.244 e. The molecule has 1 unspecified atom stereocenters. The van der Waals surface area contributed by atoms with Crippen LogP contribution in [0.15, 0.2) is 30.5 Å². The highest BCUT2D eigenvalue weighted by Gasteiger charge is 2.20. The molecule has 1 N–H and O–H groups in total. The molecule has 1 fully saturated rings. The molecule has 25 heavy (non-hydrogen) atoms. The van der Waals surface area contributed by atoms with E-state index in [2.05, 4.69) is 27.3 Å². The average molecular weight is 343 g/mol. The van der Waals surface area contributed by atoms with Gasteiger partial charge in [0.1, 0.15) is 6.04 Å². The van der Waals surface area contributed by atoms with Crippen LogP contribution in [0.5, 0.6) is 0 Å². The number of nitrogens with one attached hydrogen (secondary N) is 1. The van der Waals surface area contributed by atoms with E-state index in [9.17, 15) is 4.79 Å². The van der Waals surface area contributed by atoms with Gasteiger partial charge in [-0.1, -0.05) is 25.1 Å². The third-order valence-corrected chi connectivity index (χ3v) is 5.04. The zero-order valence-corrected chi connectivity index (χ0v) is 15.3. The van der Waals surface area contributed by atoms with E-state index in [0.29, 0.717) is 0 Å². The van der Waals surface area contributed by atoms with Gasteiger partial charge >= 0.3 is 0 Å². The Hall–Kier alpha value is -1.92. The van der Waals surface area contributed by atoms with Crippen molar-refractivity contribution in [2.75, 3.05) is 46.3 Å². The van der Waals surface area contributed by atoms with Crippen LogP contribution in [0.3, 0.4) is 0 Å². The van der Waals surface area contributed by atoms with Crippen molar-refractivity contribution in [2.45, 2.75) is 25.8 Å². The number of benzene rings is 1. The van der Waals surface area contributed by atoms with Crippen LogP contribution in [0.2, 0.25) is 0 Å². The first-order chi connectivity index (χ1) is 12.2. The van der Waals surface area contributed by atoms with Gasteiger partial charge in [0.25, 0.3) is 0 Å². The van der Waals surface area contributed by atoms with E-state index in [4.69, 9.17) is 0 Å². The lowest BCUT2D eigenvalue weighted by Gasteiger charge is -2.32. The van der Waals surface area contributed by atoms with E-state index in [-0.39, 0.29) is 11.9 Å². The monoisotopic (exact) mass is 343 g/mol. The maximum Gasteiger partial charge on any atom is 0.244 e. The Kier molecular flexibility index (Phi) is 6.04. The second-order valence-electron chi connectivity index (χ2n) is 6.86. The molecule has 3 rings (SSSR count). The molecule has 6 nitrogen and oxygen atoms in total. The summed E-state index contributed by atoms with van der Waals surface area (Å²) in [6, 6.07) is 7.78. The molecule has 0 radical (unpaired) electrons. The summed E-state index contributed by atoms with van der Waals surface area (Å²) in [5.41, 5.74) is 1.02. The first-order valence-electron chi connectivity index (χ1n) is 9.30. The number of aromatic nitrogens is 2. The molecule has 6 heteroatoms. The number of amides is 1. The minimum atomic E-state index is -0.247. The van der Waals surface area contributed by atoms with Crippen molar-refractivity contribution in [3.8, 4) is 0 Å². The lowest BCUT2D eigenvalue weighted by Crippen LogP contribution is -2.45. The Labute approximate surface area is 149 Å². The van der Waals surface area contributed by atoms with E-state index in [0.717, 1.165) is 63.0 Å².